The van der Waals surface area contributed by atoms with Crippen LogP contribution in [0.1, 0.15) is 31.7 Å². The van der Waals surface area contributed by atoms with Gasteiger partial charge in [-0.2, -0.15) is 4.31 Å². The first-order chi connectivity index (χ1) is 8.13. The molecule has 4 nitrogen and oxygen atoms in total. The van der Waals surface area contributed by atoms with Crippen molar-refractivity contribution in [1.82, 2.24) is 9.29 Å². The monoisotopic (exact) mass is 254 g/mol. The second-order valence-corrected chi connectivity index (χ2v) is 6.49. The molecular weight excluding hydrogens is 236 g/mol. The second kappa shape index (κ2) is 5.14. The van der Waals surface area contributed by atoms with Crippen LogP contribution < -0.4 is 0 Å². The predicted octanol–water partition coefficient (Wildman–Crippen LogP) is 1.79. The van der Waals surface area contributed by atoms with E-state index in [0.717, 1.165) is 18.4 Å². The quantitative estimate of drug-likeness (QED) is 0.777. The van der Waals surface area contributed by atoms with Crippen molar-refractivity contribution in [3.8, 4) is 0 Å². The highest BCUT2D eigenvalue weighted by Gasteiger charge is 2.36. The van der Waals surface area contributed by atoms with Crippen LogP contribution in [0.3, 0.4) is 0 Å². The summed E-state index contributed by atoms with van der Waals surface area (Å²) < 4.78 is 25.9. The van der Waals surface area contributed by atoms with Gasteiger partial charge in [-0.05, 0) is 37.0 Å². The van der Waals surface area contributed by atoms with Gasteiger partial charge in [-0.25, -0.2) is 8.42 Å². The maximum absolute atomic E-state index is 12.1. The summed E-state index contributed by atoms with van der Waals surface area (Å²) in [6, 6.07) is 3.97. The van der Waals surface area contributed by atoms with Gasteiger partial charge in [-0.15, -0.1) is 0 Å². The Labute approximate surface area is 103 Å². The van der Waals surface area contributed by atoms with Gasteiger partial charge in [0.15, 0.2) is 0 Å². The summed E-state index contributed by atoms with van der Waals surface area (Å²) in [6.07, 6.45) is 6.06. The molecule has 0 saturated heterocycles. The van der Waals surface area contributed by atoms with E-state index >= 15 is 0 Å². The second-order valence-electron chi connectivity index (χ2n) is 4.45. The van der Waals surface area contributed by atoms with E-state index in [1.54, 1.807) is 16.7 Å². The predicted molar refractivity (Wildman–Crippen MR) is 66.9 cm³/mol. The van der Waals surface area contributed by atoms with Crippen molar-refractivity contribution < 1.29 is 8.42 Å². The summed E-state index contributed by atoms with van der Waals surface area (Å²) in [4.78, 5) is 3.94. The zero-order valence-electron chi connectivity index (χ0n) is 10.0. The molecule has 1 aliphatic carbocycles. The minimum atomic E-state index is -3.09. The molecule has 1 aromatic rings. The van der Waals surface area contributed by atoms with Gasteiger partial charge in [0.05, 0.1) is 5.75 Å². The normalized spacial score (nSPS) is 16.4. The number of pyridine rings is 1. The molecule has 2 rings (SSSR count). The molecule has 0 radical (unpaired) electrons. The minimum Gasteiger partial charge on any atom is -0.265 e. The van der Waals surface area contributed by atoms with Gasteiger partial charge >= 0.3 is 0 Å². The average Bonchev–Trinajstić information content (AvgIpc) is 3.11. The summed E-state index contributed by atoms with van der Waals surface area (Å²) in [5, 5.41) is 0. The zero-order chi connectivity index (χ0) is 12.3. The van der Waals surface area contributed by atoms with Crippen molar-refractivity contribution in [2.24, 2.45) is 0 Å². The van der Waals surface area contributed by atoms with Crippen LogP contribution in [-0.2, 0) is 16.6 Å². The van der Waals surface area contributed by atoms with Crippen LogP contribution in [0.25, 0.3) is 0 Å². The van der Waals surface area contributed by atoms with E-state index in [-0.39, 0.29) is 11.8 Å². The maximum atomic E-state index is 12.1. The Bertz CT molecular complexity index is 455. The molecule has 1 fully saturated rings. The van der Waals surface area contributed by atoms with Gasteiger partial charge < -0.3 is 0 Å². The number of nitrogens with zero attached hydrogens (tertiary/aromatic N) is 2. The van der Waals surface area contributed by atoms with Crippen LogP contribution in [-0.4, -0.2) is 29.5 Å². The summed E-state index contributed by atoms with van der Waals surface area (Å²) in [5.41, 5.74) is 1.01. The Hall–Kier alpha value is -0.940. The number of rotatable bonds is 6. The highest BCUT2D eigenvalue weighted by atomic mass is 32.2. The average molecular weight is 254 g/mol. The first-order valence-electron chi connectivity index (χ1n) is 6.02. The van der Waals surface area contributed by atoms with Crippen molar-refractivity contribution in [1.29, 1.82) is 0 Å². The number of hydrogen-bond acceptors (Lipinski definition) is 3. The summed E-state index contributed by atoms with van der Waals surface area (Å²) in [7, 11) is -3.09. The lowest BCUT2D eigenvalue weighted by Gasteiger charge is -2.21. The summed E-state index contributed by atoms with van der Waals surface area (Å²) in [5.74, 6) is 0.245. The highest BCUT2D eigenvalue weighted by molar-refractivity contribution is 7.89. The molecule has 0 amide bonds. The molecule has 0 bridgehead atoms. The SMILES string of the molecule is CCCS(=O)(=O)N(Cc1ccncc1)C1CC1. The lowest BCUT2D eigenvalue weighted by Crippen LogP contribution is -2.34. The van der Waals surface area contributed by atoms with E-state index in [2.05, 4.69) is 4.98 Å². The molecule has 0 unspecified atom stereocenters. The summed E-state index contributed by atoms with van der Waals surface area (Å²) in [6.45, 7) is 2.38. The van der Waals surface area contributed by atoms with E-state index < -0.39 is 10.0 Å². The van der Waals surface area contributed by atoms with E-state index in [4.69, 9.17) is 0 Å². The Balaban J connectivity index is 2.13. The van der Waals surface area contributed by atoms with E-state index in [0.29, 0.717) is 13.0 Å². The smallest absolute Gasteiger partial charge is 0.214 e. The standard InChI is InChI=1S/C12H18N2O2S/c1-2-9-17(15,16)14(12-3-4-12)10-11-5-7-13-8-6-11/h5-8,12H,2-4,9-10H2,1H3. The van der Waals surface area contributed by atoms with Crippen LogP contribution in [0.4, 0.5) is 0 Å². The molecule has 1 aromatic heterocycles. The van der Waals surface area contributed by atoms with Gasteiger partial charge in [0.25, 0.3) is 0 Å². The van der Waals surface area contributed by atoms with Gasteiger partial charge in [-0.3, -0.25) is 4.98 Å². The van der Waals surface area contributed by atoms with Gasteiger partial charge in [-0.1, -0.05) is 6.92 Å². The van der Waals surface area contributed by atoms with Crippen LogP contribution >= 0.6 is 0 Å². The molecule has 1 aliphatic rings. The molecule has 0 atom stereocenters. The third kappa shape index (κ3) is 3.26. The van der Waals surface area contributed by atoms with Crippen molar-refractivity contribution in [3.05, 3.63) is 30.1 Å². The van der Waals surface area contributed by atoms with Gasteiger partial charge in [0.2, 0.25) is 10.0 Å². The van der Waals surface area contributed by atoms with Crippen LogP contribution in [0.15, 0.2) is 24.5 Å². The van der Waals surface area contributed by atoms with Crippen molar-refractivity contribution in [3.63, 3.8) is 0 Å². The first kappa shape index (κ1) is 12.5. The molecule has 94 valence electrons. The van der Waals surface area contributed by atoms with Gasteiger partial charge in [0, 0.05) is 25.0 Å². The third-order valence-electron chi connectivity index (χ3n) is 2.86. The van der Waals surface area contributed by atoms with Crippen molar-refractivity contribution in [2.45, 2.75) is 38.8 Å². The molecule has 0 spiro atoms. The third-order valence-corrected chi connectivity index (χ3v) is 4.93. The molecular formula is C12H18N2O2S. The minimum absolute atomic E-state index is 0.222. The first-order valence-corrected chi connectivity index (χ1v) is 7.63. The van der Waals surface area contributed by atoms with Crippen LogP contribution in [0.5, 0.6) is 0 Å². The van der Waals surface area contributed by atoms with Crippen LogP contribution in [0, 0.1) is 0 Å². The molecule has 5 heteroatoms. The van der Waals surface area contributed by atoms with Gasteiger partial charge in [0.1, 0.15) is 0 Å². The number of sulfonamides is 1. The van der Waals surface area contributed by atoms with Crippen molar-refractivity contribution in [2.75, 3.05) is 5.75 Å². The lowest BCUT2D eigenvalue weighted by molar-refractivity contribution is 0.398. The Morgan fingerprint density at radius 3 is 2.53 bits per heavy atom. The highest BCUT2D eigenvalue weighted by Crippen LogP contribution is 2.31. The van der Waals surface area contributed by atoms with Crippen LogP contribution in [0.2, 0.25) is 0 Å². The van der Waals surface area contributed by atoms with E-state index in [1.807, 2.05) is 19.1 Å². The Kier molecular flexibility index (Phi) is 3.79. The maximum Gasteiger partial charge on any atom is 0.214 e. The molecule has 0 N–H and O–H groups in total. The fourth-order valence-electron chi connectivity index (χ4n) is 1.86. The Morgan fingerprint density at radius 1 is 1.35 bits per heavy atom. The topological polar surface area (TPSA) is 50.3 Å². The lowest BCUT2D eigenvalue weighted by atomic mass is 10.3. The molecule has 1 heterocycles. The molecule has 1 saturated carbocycles. The molecule has 0 aromatic carbocycles. The van der Waals surface area contributed by atoms with Crippen molar-refractivity contribution >= 4 is 10.0 Å². The summed E-state index contributed by atoms with van der Waals surface area (Å²) >= 11 is 0. The van der Waals surface area contributed by atoms with E-state index in [1.165, 1.54) is 0 Å². The largest absolute Gasteiger partial charge is 0.265 e. The zero-order valence-corrected chi connectivity index (χ0v) is 10.9. The fraction of sp³-hybridized carbons (Fsp3) is 0.583. The Morgan fingerprint density at radius 2 is 2.00 bits per heavy atom. The number of hydrogen-bond donors (Lipinski definition) is 0. The molecule has 0 aliphatic heterocycles. The number of aromatic nitrogens is 1. The fourth-order valence-corrected chi connectivity index (χ4v) is 3.62. The van der Waals surface area contributed by atoms with E-state index in [9.17, 15) is 8.42 Å². The molecule has 17 heavy (non-hydrogen) atoms.